The van der Waals surface area contributed by atoms with Gasteiger partial charge in [0.05, 0.1) is 13.0 Å². The summed E-state index contributed by atoms with van der Waals surface area (Å²) in [5.41, 5.74) is 0.502. The largest absolute Gasteiger partial charge is 0.466 e. The summed E-state index contributed by atoms with van der Waals surface area (Å²) in [5, 5.41) is 0. The number of pyridine rings is 1. The van der Waals surface area contributed by atoms with E-state index in [1.165, 1.54) is 6.20 Å². The van der Waals surface area contributed by atoms with Crippen LogP contribution in [0.3, 0.4) is 0 Å². The van der Waals surface area contributed by atoms with Crippen LogP contribution in [0.25, 0.3) is 0 Å². The number of rotatable bonds is 6. The van der Waals surface area contributed by atoms with Crippen LogP contribution in [0.15, 0.2) is 22.9 Å². The van der Waals surface area contributed by atoms with E-state index in [1.807, 2.05) is 6.92 Å². The highest BCUT2D eigenvalue weighted by Crippen LogP contribution is 2.12. The molecule has 1 heterocycles. The fraction of sp³-hybridized carbons (Fsp3) is 0.417. The van der Waals surface area contributed by atoms with Crippen LogP contribution in [0.1, 0.15) is 36.5 Å². The van der Waals surface area contributed by atoms with Crippen LogP contribution in [0, 0.1) is 0 Å². The van der Waals surface area contributed by atoms with Gasteiger partial charge in [-0.2, -0.15) is 0 Å². The zero-order valence-electron chi connectivity index (χ0n) is 9.61. The first-order chi connectivity index (χ1) is 8.13. The van der Waals surface area contributed by atoms with Gasteiger partial charge in [-0.15, -0.1) is 0 Å². The summed E-state index contributed by atoms with van der Waals surface area (Å²) in [6, 6.07) is 1.69. The number of nitrogens with zero attached hydrogens (tertiary/aromatic N) is 1. The van der Waals surface area contributed by atoms with E-state index in [2.05, 4.69) is 20.9 Å². The second kappa shape index (κ2) is 7.17. The lowest BCUT2D eigenvalue weighted by molar-refractivity contribution is -0.143. The maximum absolute atomic E-state index is 11.7. The number of ketones is 1. The van der Waals surface area contributed by atoms with Crippen molar-refractivity contribution >= 4 is 27.7 Å². The summed E-state index contributed by atoms with van der Waals surface area (Å²) in [6.07, 6.45) is 4.15. The van der Waals surface area contributed by atoms with Crippen molar-refractivity contribution < 1.29 is 14.3 Å². The Balaban J connectivity index is 2.42. The lowest BCUT2D eigenvalue weighted by Crippen LogP contribution is -2.08. The van der Waals surface area contributed by atoms with Gasteiger partial charge in [0.1, 0.15) is 0 Å². The molecule has 5 heteroatoms. The molecule has 92 valence electrons. The predicted molar refractivity (Wildman–Crippen MR) is 66.8 cm³/mol. The molecule has 0 radical (unpaired) electrons. The molecule has 0 aliphatic rings. The Labute approximate surface area is 109 Å². The number of hydrogen-bond acceptors (Lipinski definition) is 4. The molecule has 0 unspecified atom stereocenters. The van der Waals surface area contributed by atoms with Gasteiger partial charge in [-0.25, -0.2) is 0 Å². The molecule has 0 spiro atoms. The van der Waals surface area contributed by atoms with Gasteiger partial charge in [-0.3, -0.25) is 14.6 Å². The Morgan fingerprint density at radius 1 is 1.35 bits per heavy atom. The Morgan fingerprint density at radius 3 is 2.76 bits per heavy atom. The molecule has 1 aromatic heterocycles. The van der Waals surface area contributed by atoms with Gasteiger partial charge in [0.15, 0.2) is 5.78 Å². The Morgan fingerprint density at radius 2 is 2.12 bits per heavy atom. The van der Waals surface area contributed by atoms with E-state index in [9.17, 15) is 9.59 Å². The fourth-order valence-corrected chi connectivity index (χ4v) is 1.58. The number of aromatic nitrogens is 1. The molecule has 0 amide bonds. The molecule has 0 bridgehead atoms. The minimum absolute atomic E-state index is 0.104. The number of Topliss-reactive ketones (excluding diaryl/α,β-unsaturated/α-hetero) is 1. The van der Waals surface area contributed by atoms with Crippen LogP contribution in [0.4, 0.5) is 0 Å². The fourth-order valence-electron chi connectivity index (χ4n) is 1.21. The van der Waals surface area contributed by atoms with Crippen molar-refractivity contribution in [2.24, 2.45) is 0 Å². The third-order valence-electron chi connectivity index (χ3n) is 2.05. The number of hydrogen-bond donors (Lipinski definition) is 0. The predicted octanol–water partition coefficient (Wildman–Crippen LogP) is 2.76. The van der Waals surface area contributed by atoms with Crippen molar-refractivity contribution in [1.29, 1.82) is 0 Å². The van der Waals surface area contributed by atoms with E-state index in [0.29, 0.717) is 12.2 Å². The molecule has 1 aromatic rings. The van der Waals surface area contributed by atoms with E-state index in [0.717, 1.165) is 10.9 Å². The second-order valence-electron chi connectivity index (χ2n) is 3.54. The van der Waals surface area contributed by atoms with Gasteiger partial charge in [0.25, 0.3) is 0 Å². The normalized spacial score (nSPS) is 10.0. The standard InChI is InChI=1S/C12H14BrNO3/c1-2-5-17-12(16)4-3-11(15)9-6-10(13)8-14-7-9/h6-8H,2-5H2,1H3. The van der Waals surface area contributed by atoms with E-state index in [1.54, 1.807) is 12.3 Å². The van der Waals surface area contributed by atoms with E-state index >= 15 is 0 Å². The van der Waals surface area contributed by atoms with Crippen molar-refractivity contribution in [3.05, 3.63) is 28.5 Å². The monoisotopic (exact) mass is 299 g/mol. The Bertz CT molecular complexity index is 406. The van der Waals surface area contributed by atoms with E-state index in [4.69, 9.17) is 4.74 Å². The van der Waals surface area contributed by atoms with Crippen LogP contribution in [0.2, 0.25) is 0 Å². The minimum Gasteiger partial charge on any atom is -0.466 e. The van der Waals surface area contributed by atoms with Gasteiger partial charge in [-0.1, -0.05) is 6.92 Å². The zero-order chi connectivity index (χ0) is 12.7. The molecular weight excluding hydrogens is 286 g/mol. The molecule has 0 N–H and O–H groups in total. The number of esters is 1. The summed E-state index contributed by atoms with van der Waals surface area (Å²) in [5.74, 6) is -0.435. The highest BCUT2D eigenvalue weighted by Gasteiger charge is 2.10. The number of carbonyl (C=O) groups is 2. The molecule has 0 fully saturated rings. The summed E-state index contributed by atoms with van der Waals surface area (Å²) in [4.78, 5) is 26.8. The van der Waals surface area contributed by atoms with Crippen molar-refractivity contribution in [2.45, 2.75) is 26.2 Å². The maximum Gasteiger partial charge on any atom is 0.306 e. The average molecular weight is 300 g/mol. The van der Waals surface area contributed by atoms with Gasteiger partial charge < -0.3 is 4.74 Å². The van der Waals surface area contributed by atoms with E-state index < -0.39 is 0 Å². The molecule has 17 heavy (non-hydrogen) atoms. The summed E-state index contributed by atoms with van der Waals surface area (Å²) >= 11 is 3.24. The SMILES string of the molecule is CCCOC(=O)CCC(=O)c1cncc(Br)c1. The average Bonchev–Trinajstić information content (AvgIpc) is 2.33. The number of ether oxygens (including phenoxy) is 1. The first-order valence-corrected chi connectivity index (χ1v) is 6.22. The first kappa shape index (κ1) is 13.8. The van der Waals surface area contributed by atoms with Crippen LogP contribution in [0.5, 0.6) is 0 Å². The Kier molecular flexibility index (Phi) is 5.83. The minimum atomic E-state index is -0.330. The van der Waals surface area contributed by atoms with Gasteiger partial charge in [0.2, 0.25) is 0 Å². The van der Waals surface area contributed by atoms with Gasteiger partial charge in [-0.05, 0) is 28.4 Å². The van der Waals surface area contributed by atoms with Crippen molar-refractivity contribution in [3.8, 4) is 0 Å². The van der Waals surface area contributed by atoms with Crippen LogP contribution < -0.4 is 0 Å². The number of carbonyl (C=O) groups excluding carboxylic acids is 2. The molecule has 4 nitrogen and oxygen atoms in total. The number of halogens is 1. The third kappa shape index (κ3) is 5.08. The molecule has 0 saturated carbocycles. The zero-order valence-corrected chi connectivity index (χ0v) is 11.2. The molecular formula is C12H14BrNO3. The molecule has 0 aromatic carbocycles. The molecule has 0 saturated heterocycles. The lowest BCUT2D eigenvalue weighted by Gasteiger charge is -2.03. The lowest BCUT2D eigenvalue weighted by atomic mass is 10.1. The highest BCUT2D eigenvalue weighted by molar-refractivity contribution is 9.10. The van der Waals surface area contributed by atoms with Gasteiger partial charge >= 0.3 is 5.97 Å². The second-order valence-corrected chi connectivity index (χ2v) is 4.45. The first-order valence-electron chi connectivity index (χ1n) is 5.43. The van der Waals surface area contributed by atoms with Crippen molar-refractivity contribution in [1.82, 2.24) is 4.98 Å². The van der Waals surface area contributed by atoms with Crippen molar-refractivity contribution in [3.63, 3.8) is 0 Å². The quantitative estimate of drug-likeness (QED) is 0.599. The van der Waals surface area contributed by atoms with Crippen molar-refractivity contribution in [2.75, 3.05) is 6.61 Å². The van der Waals surface area contributed by atoms with E-state index in [-0.39, 0.29) is 24.6 Å². The van der Waals surface area contributed by atoms with Crippen LogP contribution in [-0.4, -0.2) is 23.3 Å². The topological polar surface area (TPSA) is 56.3 Å². The smallest absolute Gasteiger partial charge is 0.306 e. The summed E-state index contributed by atoms with van der Waals surface area (Å²) < 4.78 is 5.63. The Hall–Kier alpha value is -1.23. The third-order valence-corrected chi connectivity index (χ3v) is 2.48. The molecule has 0 atom stereocenters. The maximum atomic E-state index is 11.7. The highest BCUT2D eigenvalue weighted by atomic mass is 79.9. The molecule has 1 rings (SSSR count). The molecule has 0 aliphatic carbocycles. The van der Waals surface area contributed by atoms with Crippen LogP contribution >= 0.6 is 15.9 Å². The summed E-state index contributed by atoms with van der Waals surface area (Å²) in [7, 11) is 0. The molecule has 0 aliphatic heterocycles. The summed E-state index contributed by atoms with van der Waals surface area (Å²) in [6.45, 7) is 2.33. The van der Waals surface area contributed by atoms with Crippen LogP contribution in [-0.2, 0) is 9.53 Å². The van der Waals surface area contributed by atoms with Gasteiger partial charge in [0, 0.05) is 28.9 Å².